The summed E-state index contributed by atoms with van der Waals surface area (Å²) in [5, 5.41) is 0. The maximum absolute atomic E-state index is 12.5. The number of methoxy groups -OCH3 is 1. The first-order valence-corrected chi connectivity index (χ1v) is 7.24. The van der Waals surface area contributed by atoms with Gasteiger partial charge in [0.15, 0.2) is 0 Å². The standard InChI is InChI=1S/C16H24N2O2/c1-18(11-13-6-3-4-9-15(13)20-2)16(19)14-8-5-7-12(14)10-17/h3-4,6,9,12,14H,5,7-8,10-11,17H2,1-2H3/t12-,14-/m1/s1. The summed E-state index contributed by atoms with van der Waals surface area (Å²) in [6, 6.07) is 7.82. The van der Waals surface area contributed by atoms with E-state index in [9.17, 15) is 4.79 Å². The van der Waals surface area contributed by atoms with Crippen molar-refractivity contribution in [3.63, 3.8) is 0 Å². The highest BCUT2D eigenvalue weighted by Crippen LogP contribution is 2.32. The third-order valence-electron chi connectivity index (χ3n) is 4.26. The molecule has 1 aliphatic carbocycles. The van der Waals surface area contributed by atoms with Crippen molar-refractivity contribution in [1.82, 2.24) is 4.90 Å². The van der Waals surface area contributed by atoms with Crippen molar-refractivity contribution >= 4 is 5.91 Å². The normalized spacial score (nSPS) is 21.8. The topological polar surface area (TPSA) is 55.6 Å². The van der Waals surface area contributed by atoms with E-state index in [2.05, 4.69) is 0 Å². The zero-order valence-electron chi connectivity index (χ0n) is 12.3. The van der Waals surface area contributed by atoms with Gasteiger partial charge in [-0.1, -0.05) is 24.6 Å². The predicted molar refractivity (Wildman–Crippen MR) is 79.4 cm³/mol. The van der Waals surface area contributed by atoms with Gasteiger partial charge in [0.1, 0.15) is 5.75 Å². The number of carbonyl (C=O) groups is 1. The minimum atomic E-state index is 0.0970. The van der Waals surface area contributed by atoms with E-state index in [-0.39, 0.29) is 11.8 Å². The molecule has 0 saturated heterocycles. The molecule has 0 aromatic heterocycles. The lowest BCUT2D eigenvalue weighted by atomic mass is 9.94. The monoisotopic (exact) mass is 276 g/mol. The Morgan fingerprint density at radius 1 is 1.40 bits per heavy atom. The van der Waals surface area contributed by atoms with Crippen molar-refractivity contribution in [3.05, 3.63) is 29.8 Å². The number of ether oxygens (including phenoxy) is 1. The Morgan fingerprint density at radius 3 is 2.85 bits per heavy atom. The second-order valence-electron chi connectivity index (χ2n) is 5.54. The van der Waals surface area contributed by atoms with Crippen LogP contribution in [-0.4, -0.2) is 31.5 Å². The second kappa shape index (κ2) is 6.75. The van der Waals surface area contributed by atoms with E-state index in [0.29, 0.717) is 19.0 Å². The lowest BCUT2D eigenvalue weighted by Crippen LogP contribution is -2.36. The van der Waals surface area contributed by atoms with Gasteiger partial charge in [-0.15, -0.1) is 0 Å². The molecular weight excluding hydrogens is 252 g/mol. The Morgan fingerprint density at radius 2 is 2.15 bits per heavy atom. The van der Waals surface area contributed by atoms with Crippen LogP contribution in [0.2, 0.25) is 0 Å². The molecular formula is C16H24N2O2. The number of rotatable bonds is 5. The van der Waals surface area contributed by atoms with Crippen LogP contribution in [0.25, 0.3) is 0 Å². The van der Waals surface area contributed by atoms with E-state index < -0.39 is 0 Å². The maximum Gasteiger partial charge on any atom is 0.226 e. The zero-order valence-corrected chi connectivity index (χ0v) is 12.3. The van der Waals surface area contributed by atoms with Crippen LogP contribution < -0.4 is 10.5 Å². The highest BCUT2D eigenvalue weighted by atomic mass is 16.5. The fourth-order valence-corrected chi connectivity index (χ4v) is 3.09. The van der Waals surface area contributed by atoms with Crippen molar-refractivity contribution in [2.24, 2.45) is 17.6 Å². The molecule has 1 aliphatic rings. The van der Waals surface area contributed by atoms with Gasteiger partial charge in [0.2, 0.25) is 5.91 Å². The smallest absolute Gasteiger partial charge is 0.226 e. The van der Waals surface area contributed by atoms with E-state index in [0.717, 1.165) is 30.6 Å². The van der Waals surface area contributed by atoms with Crippen LogP contribution in [0.3, 0.4) is 0 Å². The van der Waals surface area contributed by atoms with Gasteiger partial charge >= 0.3 is 0 Å². The Balaban J connectivity index is 2.04. The third-order valence-corrected chi connectivity index (χ3v) is 4.26. The molecule has 4 heteroatoms. The van der Waals surface area contributed by atoms with Gasteiger partial charge in [-0.05, 0) is 31.4 Å². The molecule has 1 saturated carbocycles. The molecule has 0 spiro atoms. The molecule has 0 bridgehead atoms. The fourth-order valence-electron chi connectivity index (χ4n) is 3.09. The van der Waals surface area contributed by atoms with Crippen LogP contribution in [0.4, 0.5) is 0 Å². The number of benzene rings is 1. The summed E-state index contributed by atoms with van der Waals surface area (Å²) < 4.78 is 5.34. The largest absolute Gasteiger partial charge is 0.496 e. The minimum absolute atomic E-state index is 0.0970. The molecule has 2 N–H and O–H groups in total. The van der Waals surface area contributed by atoms with Gasteiger partial charge in [0, 0.05) is 25.1 Å². The molecule has 1 fully saturated rings. The van der Waals surface area contributed by atoms with Gasteiger partial charge in [0.05, 0.1) is 7.11 Å². The third kappa shape index (κ3) is 3.12. The number of hydrogen-bond acceptors (Lipinski definition) is 3. The number of nitrogens with two attached hydrogens (primary N) is 1. The highest BCUT2D eigenvalue weighted by Gasteiger charge is 2.33. The summed E-state index contributed by atoms with van der Waals surface area (Å²) in [6.45, 7) is 1.19. The number of amides is 1. The average molecular weight is 276 g/mol. The molecule has 1 amide bonds. The highest BCUT2D eigenvalue weighted by molar-refractivity contribution is 5.79. The van der Waals surface area contributed by atoms with Crippen molar-refractivity contribution in [2.75, 3.05) is 20.7 Å². The van der Waals surface area contributed by atoms with Gasteiger partial charge in [0.25, 0.3) is 0 Å². The maximum atomic E-state index is 12.5. The first-order valence-electron chi connectivity index (χ1n) is 7.24. The van der Waals surface area contributed by atoms with Gasteiger partial charge in [-0.2, -0.15) is 0 Å². The Hall–Kier alpha value is -1.55. The van der Waals surface area contributed by atoms with E-state index in [4.69, 9.17) is 10.5 Å². The van der Waals surface area contributed by atoms with Crippen LogP contribution in [0.15, 0.2) is 24.3 Å². The first-order chi connectivity index (χ1) is 9.67. The molecule has 4 nitrogen and oxygen atoms in total. The van der Waals surface area contributed by atoms with Crippen molar-refractivity contribution in [2.45, 2.75) is 25.8 Å². The van der Waals surface area contributed by atoms with Crippen LogP contribution in [0, 0.1) is 11.8 Å². The van der Waals surface area contributed by atoms with Crippen LogP contribution >= 0.6 is 0 Å². The van der Waals surface area contributed by atoms with Crippen molar-refractivity contribution in [3.8, 4) is 5.75 Å². The number of para-hydroxylation sites is 1. The fraction of sp³-hybridized carbons (Fsp3) is 0.562. The van der Waals surface area contributed by atoms with E-state index in [1.165, 1.54) is 0 Å². The molecule has 0 heterocycles. The summed E-state index contributed by atoms with van der Waals surface area (Å²) >= 11 is 0. The Bertz CT molecular complexity index is 462. The molecule has 20 heavy (non-hydrogen) atoms. The van der Waals surface area contributed by atoms with Crippen molar-refractivity contribution in [1.29, 1.82) is 0 Å². The molecule has 2 rings (SSSR count). The quantitative estimate of drug-likeness (QED) is 0.895. The molecule has 1 aromatic rings. The molecule has 2 atom stereocenters. The molecule has 0 radical (unpaired) electrons. The Kier molecular flexibility index (Phi) is 5.01. The lowest BCUT2D eigenvalue weighted by molar-refractivity contribution is -0.135. The minimum Gasteiger partial charge on any atom is -0.496 e. The van der Waals surface area contributed by atoms with Crippen LogP contribution in [-0.2, 0) is 11.3 Å². The van der Waals surface area contributed by atoms with Crippen LogP contribution in [0.1, 0.15) is 24.8 Å². The van der Waals surface area contributed by atoms with Gasteiger partial charge < -0.3 is 15.4 Å². The second-order valence-corrected chi connectivity index (χ2v) is 5.54. The molecule has 0 aliphatic heterocycles. The summed E-state index contributed by atoms with van der Waals surface area (Å²) in [6.07, 6.45) is 3.16. The molecule has 1 aromatic carbocycles. The van der Waals surface area contributed by atoms with E-state index in [1.807, 2.05) is 31.3 Å². The van der Waals surface area contributed by atoms with Gasteiger partial charge in [-0.25, -0.2) is 0 Å². The van der Waals surface area contributed by atoms with E-state index >= 15 is 0 Å². The van der Waals surface area contributed by atoms with Crippen LogP contribution in [0.5, 0.6) is 5.75 Å². The summed E-state index contributed by atoms with van der Waals surface area (Å²) in [5.41, 5.74) is 6.80. The molecule has 110 valence electrons. The summed E-state index contributed by atoms with van der Waals surface area (Å²) in [7, 11) is 3.52. The van der Waals surface area contributed by atoms with Gasteiger partial charge in [-0.3, -0.25) is 4.79 Å². The predicted octanol–water partition coefficient (Wildman–Crippen LogP) is 2.03. The Labute approximate surface area is 120 Å². The number of hydrogen-bond donors (Lipinski definition) is 1. The summed E-state index contributed by atoms with van der Waals surface area (Å²) in [4.78, 5) is 14.4. The SMILES string of the molecule is COc1ccccc1CN(C)C(=O)[C@@H]1CCC[C@@H]1CN. The number of carbonyl (C=O) groups excluding carboxylic acids is 1. The number of nitrogens with zero attached hydrogens (tertiary/aromatic N) is 1. The zero-order chi connectivity index (χ0) is 14.5. The molecule has 0 unspecified atom stereocenters. The lowest BCUT2D eigenvalue weighted by Gasteiger charge is -2.25. The summed E-state index contributed by atoms with van der Waals surface area (Å²) in [5.74, 6) is 1.49. The van der Waals surface area contributed by atoms with Crippen molar-refractivity contribution < 1.29 is 9.53 Å². The van der Waals surface area contributed by atoms with E-state index in [1.54, 1.807) is 12.0 Å². The first kappa shape index (κ1) is 14.9. The average Bonchev–Trinajstić information content (AvgIpc) is 2.95.